The van der Waals surface area contributed by atoms with Gasteiger partial charge in [0.15, 0.2) is 9.84 Å². The van der Waals surface area contributed by atoms with Gasteiger partial charge in [-0.15, -0.1) is 0 Å². The summed E-state index contributed by atoms with van der Waals surface area (Å²) in [6.07, 6.45) is 2.35. The van der Waals surface area contributed by atoms with E-state index < -0.39 is 9.84 Å². The average molecular weight is 269 g/mol. The Balaban J connectivity index is 2.79. The van der Waals surface area contributed by atoms with Gasteiger partial charge in [-0.05, 0) is 43.5 Å². The van der Waals surface area contributed by atoms with Crippen LogP contribution in [0, 0.1) is 0 Å². The van der Waals surface area contributed by atoms with E-state index in [0.717, 1.165) is 13.0 Å². The number of hydrogen-bond acceptors (Lipinski definition) is 3. The summed E-state index contributed by atoms with van der Waals surface area (Å²) in [6.45, 7) is 7.46. The Hall–Kier alpha value is -0.870. The number of hydrogen-bond donors (Lipinski definition) is 1. The highest BCUT2D eigenvalue weighted by Gasteiger charge is 2.14. The Kier molecular flexibility index (Phi) is 5.35. The molecule has 0 aromatic heterocycles. The van der Waals surface area contributed by atoms with E-state index in [1.807, 2.05) is 12.1 Å². The van der Waals surface area contributed by atoms with Crippen LogP contribution >= 0.6 is 0 Å². The van der Waals surface area contributed by atoms with Crippen LogP contribution < -0.4 is 5.32 Å². The van der Waals surface area contributed by atoms with Crippen LogP contribution in [-0.2, 0) is 9.84 Å². The average Bonchev–Trinajstić information content (AvgIpc) is 2.34. The second-order valence-corrected chi connectivity index (χ2v) is 6.89. The maximum absolute atomic E-state index is 11.4. The molecule has 0 fully saturated rings. The lowest BCUT2D eigenvalue weighted by Crippen LogP contribution is -2.31. The summed E-state index contributed by atoms with van der Waals surface area (Å²) in [5, 5.41) is 3.46. The predicted octanol–water partition coefficient (Wildman–Crippen LogP) is 2.58. The summed E-state index contributed by atoms with van der Waals surface area (Å²) in [4.78, 5) is 0.382. The molecule has 0 aliphatic heterocycles. The van der Waals surface area contributed by atoms with E-state index >= 15 is 0 Å². The Labute approximate surface area is 111 Å². The molecule has 2 unspecified atom stereocenters. The van der Waals surface area contributed by atoms with Gasteiger partial charge in [-0.3, -0.25) is 0 Å². The van der Waals surface area contributed by atoms with E-state index in [9.17, 15) is 8.42 Å². The molecule has 1 N–H and O–H groups in total. The van der Waals surface area contributed by atoms with Crippen molar-refractivity contribution in [2.24, 2.45) is 0 Å². The topological polar surface area (TPSA) is 46.2 Å². The van der Waals surface area contributed by atoms with Crippen LogP contribution in [0.4, 0.5) is 0 Å². The first-order valence-corrected chi connectivity index (χ1v) is 8.28. The van der Waals surface area contributed by atoms with Crippen molar-refractivity contribution in [1.29, 1.82) is 0 Å². The van der Waals surface area contributed by atoms with E-state index in [-0.39, 0.29) is 0 Å². The van der Waals surface area contributed by atoms with E-state index in [4.69, 9.17) is 0 Å². The first kappa shape index (κ1) is 15.2. The maximum Gasteiger partial charge on any atom is 0.175 e. The van der Waals surface area contributed by atoms with Crippen molar-refractivity contribution in [2.45, 2.75) is 44.0 Å². The summed E-state index contributed by atoms with van der Waals surface area (Å²) in [7, 11) is -3.10. The summed E-state index contributed by atoms with van der Waals surface area (Å²) in [5.74, 6) is 0.366. The fourth-order valence-corrected chi connectivity index (χ4v) is 2.49. The molecule has 0 aliphatic rings. The van der Waals surface area contributed by atoms with Crippen LogP contribution in [0.1, 0.15) is 38.7 Å². The normalized spacial score (nSPS) is 15.3. The monoisotopic (exact) mass is 269 g/mol. The van der Waals surface area contributed by atoms with Crippen molar-refractivity contribution in [3.8, 4) is 0 Å². The third-order valence-electron chi connectivity index (χ3n) is 3.30. The molecule has 0 bridgehead atoms. The molecular weight excluding hydrogens is 246 g/mol. The van der Waals surface area contributed by atoms with E-state index in [1.54, 1.807) is 12.1 Å². The molecule has 0 spiro atoms. The van der Waals surface area contributed by atoms with Crippen molar-refractivity contribution in [3.05, 3.63) is 29.8 Å². The SMILES string of the molecule is CCCNC(C)C(C)c1ccc(S(C)(=O)=O)cc1. The van der Waals surface area contributed by atoms with Gasteiger partial charge in [0.2, 0.25) is 0 Å². The molecule has 4 heteroatoms. The van der Waals surface area contributed by atoms with Gasteiger partial charge in [-0.25, -0.2) is 8.42 Å². The lowest BCUT2D eigenvalue weighted by Gasteiger charge is -2.21. The summed E-state index contributed by atoms with van der Waals surface area (Å²) >= 11 is 0. The smallest absolute Gasteiger partial charge is 0.175 e. The standard InChI is InChI=1S/C14H23NO2S/c1-5-10-15-12(3)11(2)13-6-8-14(9-7-13)18(4,16)17/h6-9,11-12,15H,5,10H2,1-4H3. The lowest BCUT2D eigenvalue weighted by atomic mass is 9.94. The molecule has 0 aliphatic carbocycles. The first-order chi connectivity index (χ1) is 8.36. The molecule has 0 saturated heterocycles. The molecule has 2 atom stereocenters. The minimum Gasteiger partial charge on any atom is -0.314 e. The number of sulfone groups is 1. The van der Waals surface area contributed by atoms with Crippen molar-refractivity contribution in [2.75, 3.05) is 12.8 Å². The highest BCUT2D eigenvalue weighted by molar-refractivity contribution is 7.90. The second-order valence-electron chi connectivity index (χ2n) is 4.87. The Morgan fingerprint density at radius 3 is 2.17 bits per heavy atom. The third-order valence-corrected chi connectivity index (χ3v) is 4.43. The second kappa shape index (κ2) is 6.34. The van der Waals surface area contributed by atoms with Gasteiger partial charge < -0.3 is 5.32 Å². The van der Waals surface area contributed by atoms with Gasteiger partial charge in [0.1, 0.15) is 0 Å². The largest absolute Gasteiger partial charge is 0.314 e. The van der Waals surface area contributed by atoms with Gasteiger partial charge in [-0.2, -0.15) is 0 Å². The molecule has 0 heterocycles. The fourth-order valence-electron chi connectivity index (χ4n) is 1.86. The zero-order chi connectivity index (χ0) is 13.8. The molecule has 1 aromatic rings. The van der Waals surface area contributed by atoms with E-state index in [2.05, 4.69) is 26.1 Å². The highest BCUT2D eigenvalue weighted by Crippen LogP contribution is 2.21. The minimum absolute atomic E-state index is 0.366. The molecule has 1 aromatic carbocycles. The maximum atomic E-state index is 11.4. The van der Waals surface area contributed by atoms with Crippen molar-refractivity contribution in [1.82, 2.24) is 5.32 Å². The Morgan fingerprint density at radius 1 is 1.17 bits per heavy atom. The predicted molar refractivity (Wildman–Crippen MR) is 75.7 cm³/mol. The van der Waals surface area contributed by atoms with Crippen LogP contribution in [-0.4, -0.2) is 27.3 Å². The third kappa shape index (κ3) is 4.10. The Morgan fingerprint density at radius 2 is 1.72 bits per heavy atom. The molecule has 102 valence electrons. The zero-order valence-electron chi connectivity index (χ0n) is 11.6. The van der Waals surface area contributed by atoms with Crippen LogP contribution in [0.25, 0.3) is 0 Å². The summed E-state index contributed by atoms with van der Waals surface area (Å²) in [6, 6.07) is 7.58. The lowest BCUT2D eigenvalue weighted by molar-refractivity contribution is 0.481. The molecule has 0 radical (unpaired) electrons. The van der Waals surface area contributed by atoms with Crippen LogP contribution in [0.5, 0.6) is 0 Å². The number of nitrogens with one attached hydrogen (secondary N) is 1. The van der Waals surface area contributed by atoms with E-state index in [1.165, 1.54) is 11.8 Å². The zero-order valence-corrected chi connectivity index (χ0v) is 12.4. The molecule has 1 rings (SSSR count). The fraction of sp³-hybridized carbons (Fsp3) is 0.571. The summed E-state index contributed by atoms with van der Waals surface area (Å²) < 4.78 is 22.8. The number of benzene rings is 1. The number of rotatable bonds is 6. The Bertz CT molecular complexity index is 465. The van der Waals surface area contributed by atoms with Crippen LogP contribution in [0.2, 0.25) is 0 Å². The van der Waals surface area contributed by atoms with Gasteiger partial charge >= 0.3 is 0 Å². The van der Waals surface area contributed by atoms with Gasteiger partial charge in [-0.1, -0.05) is 26.0 Å². The van der Waals surface area contributed by atoms with Gasteiger partial charge in [0, 0.05) is 12.3 Å². The molecular formula is C14H23NO2S. The van der Waals surface area contributed by atoms with E-state index in [0.29, 0.717) is 16.9 Å². The van der Waals surface area contributed by atoms with Crippen molar-refractivity contribution in [3.63, 3.8) is 0 Å². The molecule has 3 nitrogen and oxygen atoms in total. The van der Waals surface area contributed by atoms with Gasteiger partial charge in [0.05, 0.1) is 4.90 Å². The summed E-state index contributed by atoms with van der Waals surface area (Å²) in [5.41, 5.74) is 1.17. The van der Waals surface area contributed by atoms with Crippen LogP contribution in [0.15, 0.2) is 29.2 Å². The molecule has 0 amide bonds. The van der Waals surface area contributed by atoms with Crippen LogP contribution in [0.3, 0.4) is 0 Å². The quantitative estimate of drug-likeness (QED) is 0.863. The minimum atomic E-state index is -3.10. The first-order valence-electron chi connectivity index (χ1n) is 6.39. The molecule has 18 heavy (non-hydrogen) atoms. The highest BCUT2D eigenvalue weighted by atomic mass is 32.2. The van der Waals surface area contributed by atoms with Gasteiger partial charge in [0.25, 0.3) is 0 Å². The van der Waals surface area contributed by atoms with Crippen molar-refractivity contribution >= 4 is 9.84 Å². The van der Waals surface area contributed by atoms with Crippen molar-refractivity contribution < 1.29 is 8.42 Å². The molecule has 0 saturated carbocycles.